The van der Waals surface area contributed by atoms with Crippen molar-refractivity contribution in [1.82, 2.24) is 4.98 Å². The van der Waals surface area contributed by atoms with Crippen LogP contribution in [0.1, 0.15) is 0 Å². The molecule has 0 saturated carbocycles. The lowest BCUT2D eigenvalue weighted by atomic mass is 10.4. The van der Waals surface area contributed by atoms with E-state index in [4.69, 9.17) is 0 Å². The third-order valence-electron chi connectivity index (χ3n) is 2.32. The van der Waals surface area contributed by atoms with Crippen molar-refractivity contribution in [2.24, 2.45) is 0 Å². The molecule has 0 aliphatic heterocycles. The summed E-state index contributed by atoms with van der Waals surface area (Å²) >= 11 is 3.04. The van der Waals surface area contributed by atoms with Crippen molar-refractivity contribution in [3.05, 3.63) is 57.2 Å². The number of benzene rings is 1. The Morgan fingerprint density at radius 3 is 2.50 bits per heavy atom. The van der Waals surface area contributed by atoms with Crippen molar-refractivity contribution in [2.45, 2.75) is 4.90 Å². The second-order valence-corrected chi connectivity index (χ2v) is 6.30. The fourth-order valence-electron chi connectivity index (χ4n) is 1.43. The van der Waals surface area contributed by atoms with E-state index in [2.05, 4.69) is 25.6 Å². The van der Waals surface area contributed by atoms with Gasteiger partial charge in [0.25, 0.3) is 10.0 Å². The molecule has 0 spiro atoms. The van der Waals surface area contributed by atoms with E-state index in [1.165, 1.54) is 24.4 Å². The van der Waals surface area contributed by atoms with E-state index in [1.54, 1.807) is 18.2 Å². The molecule has 0 fully saturated rings. The van der Waals surface area contributed by atoms with E-state index in [0.29, 0.717) is 4.47 Å². The van der Waals surface area contributed by atoms with Crippen LogP contribution in [0.3, 0.4) is 0 Å². The third-order valence-corrected chi connectivity index (χ3v) is 4.10. The molecule has 0 unspecified atom stereocenters. The minimum absolute atomic E-state index is 0.000910. The normalized spacial score (nSPS) is 11.1. The smallest absolute Gasteiger partial charge is 0.258 e. The first kappa shape index (κ1) is 14.4. The number of hydrogen-bond acceptors (Lipinski definition) is 5. The standard InChI is InChI=1S/C11H8BrN3O4S/c12-8-6-10(15(16)17)11(13-7-8)14-20(18,19)9-4-2-1-3-5-9/h1-7H,(H,13,14). The van der Waals surface area contributed by atoms with Crippen LogP contribution in [0.15, 0.2) is 52.0 Å². The number of aromatic nitrogens is 1. The highest BCUT2D eigenvalue weighted by Gasteiger charge is 2.22. The van der Waals surface area contributed by atoms with E-state index >= 15 is 0 Å². The number of nitrogens with one attached hydrogen (secondary N) is 1. The molecule has 0 saturated heterocycles. The topological polar surface area (TPSA) is 102 Å². The zero-order valence-corrected chi connectivity index (χ0v) is 12.3. The molecule has 0 aliphatic rings. The van der Waals surface area contributed by atoms with Crippen molar-refractivity contribution in [3.8, 4) is 0 Å². The highest BCUT2D eigenvalue weighted by Crippen LogP contribution is 2.27. The molecule has 0 atom stereocenters. The summed E-state index contributed by atoms with van der Waals surface area (Å²) in [6, 6.07) is 8.71. The number of nitrogens with zero attached hydrogens (tertiary/aromatic N) is 2. The lowest BCUT2D eigenvalue weighted by molar-refractivity contribution is -0.384. The molecule has 2 rings (SSSR count). The molecule has 9 heteroatoms. The van der Waals surface area contributed by atoms with Gasteiger partial charge in [0.1, 0.15) is 0 Å². The Hall–Kier alpha value is -2.00. The predicted molar refractivity (Wildman–Crippen MR) is 75.8 cm³/mol. The summed E-state index contributed by atoms with van der Waals surface area (Å²) in [6.45, 7) is 0. The summed E-state index contributed by atoms with van der Waals surface area (Å²) in [4.78, 5) is 13.9. The molecule has 0 aliphatic carbocycles. The molecular weight excluding hydrogens is 350 g/mol. The van der Waals surface area contributed by atoms with Gasteiger partial charge in [0.15, 0.2) is 0 Å². The minimum atomic E-state index is -3.91. The van der Waals surface area contributed by atoms with Crippen LogP contribution in [-0.4, -0.2) is 18.3 Å². The number of sulfonamides is 1. The van der Waals surface area contributed by atoms with Crippen molar-refractivity contribution in [3.63, 3.8) is 0 Å². The summed E-state index contributed by atoms with van der Waals surface area (Å²) in [5.41, 5.74) is -0.432. The molecule has 0 bridgehead atoms. The first-order valence-electron chi connectivity index (χ1n) is 5.28. The van der Waals surface area contributed by atoms with Crippen LogP contribution in [0.2, 0.25) is 0 Å². The van der Waals surface area contributed by atoms with E-state index in [1.807, 2.05) is 0 Å². The van der Waals surface area contributed by atoms with E-state index < -0.39 is 20.6 Å². The maximum atomic E-state index is 12.1. The quantitative estimate of drug-likeness (QED) is 0.668. The van der Waals surface area contributed by atoms with Gasteiger partial charge in [-0.2, -0.15) is 0 Å². The zero-order chi connectivity index (χ0) is 14.8. The Kier molecular flexibility index (Phi) is 4.00. The number of hydrogen-bond donors (Lipinski definition) is 1. The summed E-state index contributed by atoms with van der Waals surface area (Å²) in [7, 11) is -3.91. The lowest BCUT2D eigenvalue weighted by Crippen LogP contribution is -2.15. The van der Waals surface area contributed by atoms with Gasteiger partial charge in [-0.1, -0.05) is 18.2 Å². The summed E-state index contributed by atoms with van der Waals surface area (Å²) in [5.74, 6) is -0.331. The molecule has 104 valence electrons. The van der Waals surface area contributed by atoms with Crippen LogP contribution in [0.5, 0.6) is 0 Å². The van der Waals surface area contributed by atoms with Gasteiger partial charge in [-0.25, -0.2) is 13.4 Å². The van der Waals surface area contributed by atoms with Gasteiger partial charge in [-0.15, -0.1) is 0 Å². The molecule has 2 aromatic rings. The number of nitro groups is 1. The lowest BCUT2D eigenvalue weighted by Gasteiger charge is -2.07. The number of pyridine rings is 1. The van der Waals surface area contributed by atoms with Gasteiger partial charge in [-0.3, -0.25) is 14.8 Å². The monoisotopic (exact) mass is 357 g/mol. The Bertz CT molecular complexity index is 750. The second-order valence-electron chi connectivity index (χ2n) is 3.70. The fraction of sp³-hybridized carbons (Fsp3) is 0. The van der Waals surface area contributed by atoms with Crippen molar-refractivity contribution >= 4 is 37.5 Å². The number of halogens is 1. The average Bonchev–Trinajstić information content (AvgIpc) is 2.41. The fourth-order valence-corrected chi connectivity index (χ4v) is 2.80. The Morgan fingerprint density at radius 2 is 1.90 bits per heavy atom. The molecule has 1 heterocycles. The number of anilines is 1. The third kappa shape index (κ3) is 3.11. The van der Waals surface area contributed by atoms with Crippen LogP contribution in [-0.2, 0) is 10.0 Å². The minimum Gasteiger partial charge on any atom is -0.258 e. The van der Waals surface area contributed by atoms with Crippen LogP contribution < -0.4 is 4.72 Å². The summed E-state index contributed by atoms with van der Waals surface area (Å²) in [5, 5.41) is 10.9. The summed E-state index contributed by atoms with van der Waals surface area (Å²) in [6.07, 6.45) is 1.27. The van der Waals surface area contributed by atoms with Gasteiger partial charge in [-0.05, 0) is 28.1 Å². The highest BCUT2D eigenvalue weighted by atomic mass is 79.9. The zero-order valence-electron chi connectivity index (χ0n) is 9.86. The maximum absolute atomic E-state index is 12.1. The summed E-state index contributed by atoms with van der Waals surface area (Å²) < 4.78 is 26.6. The molecule has 1 aromatic carbocycles. The average molecular weight is 358 g/mol. The molecule has 1 aromatic heterocycles. The van der Waals surface area contributed by atoms with E-state index in [9.17, 15) is 18.5 Å². The first-order chi connectivity index (χ1) is 9.40. The second kappa shape index (κ2) is 5.55. The van der Waals surface area contributed by atoms with Gasteiger partial charge in [0.2, 0.25) is 5.82 Å². The maximum Gasteiger partial charge on any atom is 0.313 e. The van der Waals surface area contributed by atoms with Gasteiger partial charge < -0.3 is 0 Å². The Balaban J connectivity index is 2.43. The molecular formula is C11H8BrN3O4S. The van der Waals surface area contributed by atoms with E-state index in [-0.39, 0.29) is 10.7 Å². The van der Waals surface area contributed by atoms with E-state index in [0.717, 1.165) is 0 Å². The number of rotatable bonds is 4. The van der Waals surface area contributed by atoms with Crippen LogP contribution in [0.25, 0.3) is 0 Å². The Labute approximate surface area is 123 Å². The van der Waals surface area contributed by atoms with Crippen LogP contribution in [0, 0.1) is 10.1 Å². The molecule has 20 heavy (non-hydrogen) atoms. The Morgan fingerprint density at radius 1 is 1.25 bits per heavy atom. The largest absolute Gasteiger partial charge is 0.313 e. The molecule has 0 radical (unpaired) electrons. The molecule has 0 amide bonds. The van der Waals surface area contributed by atoms with Gasteiger partial charge >= 0.3 is 5.69 Å². The predicted octanol–water partition coefficient (Wildman–Crippen LogP) is 2.55. The molecule has 1 N–H and O–H groups in total. The SMILES string of the molecule is O=[N+]([O-])c1cc(Br)cnc1NS(=O)(=O)c1ccccc1. The van der Waals surface area contributed by atoms with Crippen molar-refractivity contribution < 1.29 is 13.3 Å². The van der Waals surface area contributed by atoms with Crippen molar-refractivity contribution in [1.29, 1.82) is 0 Å². The van der Waals surface area contributed by atoms with Crippen LogP contribution >= 0.6 is 15.9 Å². The molecule has 7 nitrogen and oxygen atoms in total. The van der Waals surface area contributed by atoms with Crippen LogP contribution in [0.4, 0.5) is 11.5 Å². The van der Waals surface area contributed by atoms with Gasteiger partial charge in [0, 0.05) is 16.7 Å². The van der Waals surface area contributed by atoms with Gasteiger partial charge in [0.05, 0.1) is 9.82 Å². The van der Waals surface area contributed by atoms with Crippen molar-refractivity contribution in [2.75, 3.05) is 4.72 Å². The highest BCUT2D eigenvalue weighted by molar-refractivity contribution is 9.10. The first-order valence-corrected chi connectivity index (χ1v) is 7.55.